The van der Waals surface area contributed by atoms with Crippen molar-refractivity contribution in [3.05, 3.63) is 87.2 Å². The normalized spacial score (nSPS) is 15.4. The number of aryl methyl sites for hydroxylation is 5. The van der Waals surface area contributed by atoms with E-state index in [0.29, 0.717) is 5.69 Å². The molecule has 0 radical (unpaired) electrons. The third-order valence-corrected chi connectivity index (χ3v) is 6.21. The molecule has 0 unspecified atom stereocenters. The van der Waals surface area contributed by atoms with Crippen molar-refractivity contribution in [2.45, 2.75) is 41.5 Å². The fourth-order valence-corrected chi connectivity index (χ4v) is 4.77. The van der Waals surface area contributed by atoms with E-state index in [1.54, 1.807) is 6.08 Å². The number of hydrogen-bond donors (Lipinski definition) is 1. The molecule has 33 heavy (non-hydrogen) atoms. The minimum Gasteiger partial charge on any atom is -0.318 e. The number of carbonyl (C=O) groups is 2. The standard InChI is InChI=1S/C27H27N3O2S/c1-15-7-8-24(18(4)10-15)29-19(5)13-21(20(29)6)14-23-25(31)28-27(33)30(26(23)32)22-11-16(2)9-17(3)12-22/h7-14H,1-6H3,(H,28,31,33)/b23-14+. The number of nitrogens with one attached hydrogen (secondary N) is 1. The van der Waals surface area contributed by atoms with E-state index in [9.17, 15) is 9.59 Å². The molecule has 1 N–H and O–H groups in total. The molecule has 2 heterocycles. The van der Waals surface area contributed by atoms with Crippen molar-refractivity contribution in [1.82, 2.24) is 9.88 Å². The third-order valence-electron chi connectivity index (χ3n) is 5.93. The highest BCUT2D eigenvalue weighted by molar-refractivity contribution is 7.80. The molecule has 1 aliphatic rings. The van der Waals surface area contributed by atoms with Crippen LogP contribution < -0.4 is 10.2 Å². The smallest absolute Gasteiger partial charge is 0.270 e. The number of hydrogen-bond acceptors (Lipinski definition) is 3. The Bertz CT molecular complexity index is 1340. The Kier molecular flexibility index (Phi) is 5.80. The van der Waals surface area contributed by atoms with Gasteiger partial charge >= 0.3 is 0 Å². The van der Waals surface area contributed by atoms with Crippen LogP contribution in [0.2, 0.25) is 0 Å². The largest absolute Gasteiger partial charge is 0.318 e. The average Bonchev–Trinajstić information content (AvgIpc) is 2.98. The number of amides is 2. The highest BCUT2D eigenvalue weighted by Gasteiger charge is 2.35. The quantitative estimate of drug-likeness (QED) is 0.336. The van der Waals surface area contributed by atoms with Crippen LogP contribution in [0.5, 0.6) is 0 Å². The highest BCUT2D eigenvalue weighted by Crippen LogP contribution is 2.28. The second-order valence-corrected chi connectivity index (χ2v) is 9.14. The Morgan fingerprint density at radius 1 is 0.848 bits per heavy atom. The predicted molar refractivity (Wildman–Crippen MR) is 137 cm³/mol. The molecule has 5 nitrogen and oxygen atoms in total. The maximum atomic E-state index is 13.4. The van der Waals surface area contributed by atoms with Crippen molar-refractivity contribution in [1.29, 1.82) is 0 Å². The Labute approximate surface area is 199 Å². The van der Waals surface area contributed by atoms with Gasteiger partial charge in [-0.15, -0.1) is 0 Å². The highest BCUT2D eigenvalue weighted by atomic mass is 32.1. The zero-order valence-corrected chi connectivity index (χ0v) is 20.6. The van der Waals surface area contributed by atoms with Crippen molar-refractivity contribution >= 4 is 40.9 Å². The Hall–Kier alpha value is -3.51. The van der Waals surface area contributed by atoms with Gasteiger partial charge in [-0.1, -0.05) is 23.8 Å². The van der Waals surface area contributed by atoms with Gasteiger partial charge in [-0.3, -0.25) is 19.8 Å². The van der Waals surface area contributed by atoms with Gasteiger partial charge in [0.05, 0.1) is 5.69 Å². The molecule has 2 aromatic carbocycles. The van der Waals surface area contributed by atoms with Crippen LogP contribution in [-0.4, -0.2) is 21.5 Å². The summed E-state index contributed by atoms with van der Waals surface area (Å²) < 4.78 is 2.15. The molecular weight excluding hydrogens is 430 g/mol. The molecule has 0 spiro atoms. The van der Waals surface area contributed by atoms with Crippen molar-refractivity contribution < 1.29 is 9.59 Å². The molecule has 0 atom stereocenters. The van der Waals surface area contributed by atoms with Crippen molar-refractivity contribution in [3.8, 4) is 5.69 Å². The molecule has 1 saturated heterocycles. The van der Waals surface area contributed by atoms with Gasteiger partial charge in [-0.05, 0) is 106 Å². The van der Waals surface area contributed by atoms with Gasteiger partial charge in [0.15, 0.2) is 5.11 Å². The summed E-state index contributed by atoms with van der Waals surface area (Å²) in [6.07, 6.45) is 1.66. The minimum absolute atomic E-state index is 0.0589. The topological polar surface area (TPSA) is 54.3 Å². The lowest BCUT2D eigenvalue weighted by Crippen LogP contribution is -2.54. The van der Waals surface area contributed by atoms with E-state index in [-0.39, 0.29) is 10.7 Å². The summed E-state index contributed by atoms with van der Waals surface area (Å²) in [5.74, 6) is -0.910. The molecule has 2 amide bonds. The van der Waals surface area contributed by atoms with Gasteiger partial charge in [0.1, 0.15) is 5.57 Å². The number of carbonyl (C=O) groups excluding carboxylic acids is 2. The zero-order chi connectivity index (χ0) is 24.0. The third kappa shape index (κ3) is 4.14. The summed E-state index contributed by atoms with van der Waals surface area (Å²) in [5, 5.41) is 2.77. The number of nitrogens with zero attached hydrogens (tertiary/aromatic N) is 2. The molecule has 0 aliphatic carbocycles. The van der Waals surface area contributed by atoms with Crippen molar-refractivity contribution in [3.63, 3.8) is 0 Å². The molecule has 4 rings (SSSR count). The lowest BCUT2D eigenvalue weighted by Gasteiger charge is -2.29. The van der Waals surface area contributed by atoms with E-state index < -0.39 is 11.8 Å². The lowest BCUT2D eigenvalue weighted by molar-refractivity contribution is -0.122. The minimum atomic E-state index is -0.484. The van der Waals surface area contributed by atoms with E-state index >= 15 is 0 Å². The van der Waals surface area contributed by atoms with Crippen LogP contribution in [0, 0.1) is 41.5 Å². The molecule has 1 aliphatic heterocycles. The summed E-state index contributed by atoms with van der Waals surface area (Å²) in [5.41, 5.74) is 8.98. The Morgan fingerprint density at radius 2 is 1.52 bits per heavy atom. The molecule has 6 heteroatoms. The molecule has 1 aromatic heterocycles. The predicted octanol–water partition coefficient (Wildman–Crippen LogP) is 5.16. The van der Waals surface area contributed by atoms with E-state index in [1.165, 1.54) is 10.5 Å². The monoisotopic (exact) mass is 457 g/mol. The molecule has 1 fully saturated rings. The van der Waals surface area contributed by atoms with E-state index in [4.69, 9.17) is 12.2 Å². The van der Waals surface area contributed by atoms with Crippen molar-refractivity contribution in [2.75, 3.05) is 4.90 Å². The van der Waals surface area contributed by atoms with Gasteiger partial charge in [-0.2, -0.15) is 0 Å². The summed E-state index contributed by atoms with van der Waals surface area (Å²) in [4.78, 5) is 27.6. The molecule has 0 bridgehead atoms. The summed E-state index contributed by atoms with van der Waals surface area (Å²) >= 11 is 5.35. The molecule has 168 valence electrons. The number of rotatable bonds is 3. The molecule has 0 saturated carbocycles. The van der Waals surface area contributed by atoms with Crippen LogP contribution in [-0.2, 0) is 9.59 Å². The summed E-state index contributed by atoms with van der Waals surface area (Å²) in [6, 6.07) is 14.1. The van der Waals surface area contributed by atoms with Gasteiger partial charge in [0.25, 0.3) is 11.8 Å². The van der Waals surface area contributed by atoms with Crippen LogP contribution in [0.15, 0.2) is 48.0 Å². The van der Waals surface area contributed by atoms with Gasteiger partial charge < -0.3 is 4.57 Å². The van der Waals surface area contributed by atoms with E-state index in [0.717, 1.165) is 39.3 Å². The first kappa shape index (κ1) is 22.7. The fourth-order valence-electron chi connectivity index (χ4n) is 4.49. The van der Waals surface area contributed by atoms with Gasteiger partial charge in [0.2, 0.25) is 0 Å². The first-order valence-corrected chi connectivity index (χ1v) is 11.2. The van der Waals surface area contributed by atoms with Gasteiger partial charge in [-0.25, -0.2) is 0 Å². The first-order valence-electron chi connectivity index (χ1n) is 10.8. The Morgan fingerprint density at radius 3 is 2.15 bits per heavy atom. The lowest BCUT2D eigenvalue weighted by atomic mass is 10.1. The van der Waals surface area contributed by atoms with Crippen LogP contribution in [0.3, 0.4) is 0 Å². The van der Waals surface area contributed by atoms with E-state index in [1.807, 2.05) is 52.0 Å². The van der Waals surface area contributed by atoms with E-state index in [2.05, 4.69) is 41.9 Å². The maximum absolute atomic E-state index is 13.4. The second kappa shape index (κ2) is 8.45. The molecular formula is C27H27N3O2S. The Balaban J connectivity index is 1.79. The number of anilines is 1. The summed E-state index contributed by atoms with van der Waals surface area (Å²) in [7, 11) is 0. The van der Waals surface area contributed by atoms with Crippen LogP contribution in [0.4, 0.5) is 5.69 Å². The van der Waals surface area contributed by atoms with Crippen molar-refractivity contribution in [2.24, 2.45) is 0 Å². The average molecular weight is 458 g/mol. The van der Waals surface area contributed by atoms with Crippen LogP contribution >= 0.6 is 12.2 Å². The van der Waals surface area contributed by atoms with Crippen LogP contribution in [0.1, 0.15) is 39.2 Å². The SMILES string of the molecule is Cc1cc(C)cc(N2C(=O)/C(=C/c3cc(C)n(-c4ccc(C)cc4C)c3C)C(=O)NC2=S)c1. The second-order valence-electron chi connectivity index (χ2n) is 8.76. The van der Waals surface area contributed by atoms with Crippen LogP contribution in [0.25, 0.3) is 11.8 Å². The number of benzene rings is 2. The number of aromatic nitrogens is 1. The maximum Gasteiger partial charge on any atom is 0.270 e. The fraction of sp³-hybridized carbons (Fsp3) is 0.222. The number of thiocarbonyl (C=S) groups is 1. The van der Waals surface area contributed by atoms with Gasteiger partial charge in [0, 0.05) is 17.1 Å². The zero-order valence-electron chi connectivity index (χ0n) is 19.7. The molecule has 3 aromatic rings. The summed E-state index contributed by atoms with van der Waals surface area (Å²) in [6.45, 7) is 12.1. The first-order chi connectivity index (χ1) is 15.6.